The van der Waals surface area contributed by atoms with Crippen molar-refractivity contribution in [1.29, 1.82) is 0 Å². The lowest BCUT2D eigenvalue weighted by molar-refractivity contribution is -0.115. The first-order valence-corrected chi connectivity index (χ1v) is 7.73. The topological polar surface area (TPSA) is 102 Å². The molecule has 0 saturated carbocycles. The minimum Gasteiger partial charge on any atom is -0.326 e. The molecule has 110 valence electrons. The Labute approximate surface area is 123 Å². The van der Waals surface area contributed by atoms with Crippen molar-refractivity contribution >= 4 is 21.6 Å². The van der Waals surface area contributed by atoms with Crippen molar-refractivity contribution in [3.05, 3.63) is 53.9 Å². The number of benzene rings is 1. The van der Waals surface area contributed by atoms with Gasteiger partial charge in [-0.3, -0.25) is 9.78 Å². The number of nitrogens with two attached hydrogens (primary N) is 1. The van der Waals surface area contributed by atoms with Crippen molar-refractivity contribution in [2.24, 2.45) is 5.14 Å². The maximum absolute atomic E-state index is 12.0. The summed E-state index contributed by atoms with van der Waals surface area (Å²) >= 11 is 0. The standard InChI is InChI=1S/C14H15N3O3S/c1-10-4-5-12(21(15,19)20)8-13(10)17-14(18)7-11-3-2-6-16-9-11/h2-6,8-9H,7H2,1H3,(H,17,18)(H2,15,19,20). The van der Waals surface area contributed by atoms with Gasteiger partial charge in [-0.25, -0.2) is 13.6 Å². The minimum absolute atomic E-state index is 0.0372. The van der Waals surface area contributed by atoms with Gasteiger partial charge in [0.25, 0.3) is 0 Å². The molecular weight excluding hydrogens is 290 g/mol. The van der Waals surface area contributed by atoms with E-state index < -0.39 is 10.0 Å². The molecule has 0 saturated heterocycles. The fourth-order valence-electron chi connectivity index (χ4n) is 1.80. The summed E-state index contributed by atoms with van der Waals surface area (Å²) in [5.41, 5.74) is 1.95. The van der Waals surface area contributed by atoms with Gasteiger partial charge in [0, 0.05) is 18.1 Å². The predicted octanol–water partition coefficient (Wildman–Crippen LogP) is 1.22. The Morgan fingerprint density at radius 1 is 1.33 bits per heavy atom. The Hall–Kier alpha value is -2.25. The number of pyridine rings is 1. The first-order valence-electron chi connectivity index (χ1n) is 6.18. The molecule has 0 aliphatic carbocycles. The van der Waals surface area contributed by atoms with Crippen LogP contribution in [0.25, 0.3) is 0 Å². The van der Waals surface area contributed by atoms with E-state index in [-0.39, 0.29) is 17.2 Å². The van der Waals surface area contributed by atoms with Crippen molar-refractivity contribution in [3.63, 3.8) is 0 Å². The monoisotopic (exact) mass is 305 g/mol. The van der Waals surface area contributed by atoms with Crippen LogP contribution >= 0.6 is 0 Å². The number of aromatic nitrogens is 1. The molecule has 0 aliphatic rings. The number of nitrogens with zero attached hydrogens (tertiary/aromatic N) is 1. The summed E-state index contributed by atoms with van der Waals surface area (Å²) in [7, 11) is -3.80. The molecule has 1 aromatic heterocycles. The lowest BCUT2D eigenvalue weighted by Gasteiger charge is -2.10. The summed E-state index contributed by atoms with van der Waals surface area (Å²) < 4.78 is 22.7. The molecule has 7 heteroatoms. The van der Waals surface area contributed by atoms with Crippen LogP contribution in [0, 0.1) is 6.92 Å². The van der Waals surface area contributed by atoms with E-state index >= 15 is 0 Å². The van der Waals surface area contributed by atoms with Crippen molar-refractivity contribution in [3.8, 4) is 0 Å². The third-order valence-electron chi connectivity index (χ3n) is 2.90. The van der Waals surface area contributed by atoms with Crippen LogP contribution in [-0.2, 0) is 21.2 Å². The Bertz CT molecular complexity index is 758. The van der Waals surface area contributed by atoms with Crippen LogP contribution in [0.4, 0.5) is 5.69 Å². The highest BCUT2D eigenvalue weighted by molar-refractivity contribution is 7.89. The number of nitrogens with one attached hydrogen (secondary N) is 1. The van der Waals surface area contributed by atoms with Gasteiger partial charge in [0.1, 0.15) is 0 Å². The smallest absolute Gasteiger partial charge is 0.238 e. The maximum atomic E-state index is 12.0. The second kappa shape index (κ2) is 6.02. The van der Waals surface area contributed by atoms with E-state index in [2.05, 4.69) is 10.3 Å². The average Bonchev–Trinajstić information content (AvgIpc) is 2.41. The van der Waals surface area contributed by atoms with Gasteiger partial charge < -0.3 is 5.32 Å². The number of amides is 1. The molecular formula is C14H15N3O3S. The van der Waals surface area contributed by atoms with Crippen LogP contribution in [-0.4, -0.2) is 19.3 Å². The summed E-state index contributed by atoms with van der Waals surface area (Å²) in [5.74, 6) is -0.252. The number of hydrogen-bond donors (Lipinski definition) is 2. The van der Waals surface area contributed by atoms with E-state index in [1.165, 1.54) is 12.1 Å². The summed E-state index contributed by atoms with van der Waals surface area (Å²) in [6.45, 7) is 1.77. The van der Waals surface area contributed by atoms with E-state index in [4.69, 9.17) is 5.14 Å². The lowest BCUT2D eigenvalue weighted by Crippen LogP contribution is -2.17. The molecule has 1 heterocycles. The highest BCUT2D eigenvalue weighted by Crippen LogP contribution is 2.19. The highest BCUT2D eigenvalue weighted by atomic mass is 32.2. The zero-order valence-electron chi connectivity index (χ0n) is 11.4. The maximum Gasteiger partial charge on any atom is 0.238 e. The Morgan fingerprint density at radius 3 is 2.71 bits per heavy atom. The summed E-state index contributed by atoms with van der Waals surface area (Å²) in [4.78, 5) is 15.9. The van der Waals surface area contributed by atoms with Crippen LogP contribution < -0.4 is 10.5 Å². The first kappa shape index (κ1) is 15.1. The molecule has 0 aliphatic heterocycles. The predicted molar refractivity (Wildman–Crippen MR) is 79.1 cm³/mol. The first-order chi connectivity index (χ1) is 9.86. The molecule has 0 atom stereocenters. The third kappa shape index (κ3) is 4.11. The molecule has 3 N–H and O–H groups in total. The molecule has 0 fully saturated rings. The van der Waals surface area contributed by atoms with Crippen molar-refractivity contribution in [1.82, 2.24) is 4.98 Å². The molecule has 21 heavy (non-hydrogen) atoms. The quantitative estimate of drug-likeness (QED) is 0.886. The largest absolute Gasteiger partial charge is 0.326 e. The lowest BCUT2D eigenvalue weighted by atomic mass is 10.1. The number of carbonyl (C=O) groups is 1. The van der Waals surface area contributed by atoms with Gasteiger partial charge in [-0.05, 0) is 36.2 Å². The minimum atomic E-state index is -3.80. The highest BCUT2D eigenvalue weighted by Gasteiger charge is 2.12. The molecule has 0 spiro atoms. The zero-order chi connectivity index (χ0) is 15.5. The fourth-order valence-corrected chi connectivity index (χ4v) is 2.34. The van der Waals surface area contributed by atoms with Crippen molar-refractivity contribution in [2.75, 3.05) is 5.32 Å². The van der Waals surface area contributed by atoms with Gasteiger partial charge in [0.15, 0.2) is 0 Å². The molecule has 0 radical (unpaired) electrons. The van der Waals surface area contributed by atoms with Crippen molar-refractivity contribution in [2.45, 2.75) is 18.2 Å². The number of sulfonamides is 1. The van der Waals surface area contributed by atoms with Gasteiger partial charge in [-0.2, -0.15) is 0 Å². The number of anilines is 1. The molecule has 0 unspecified atom stereocenters. The van der Waals surface area contributed by atoms with E-state index in [0.717, 1.165) is 11.1 Å². The number of aryl methyl sites for hydroxylation is 1. The normalized spacial score (nSPS) is 11.1. The number of carbonyl (C=O) groups excluding carboxylic acids is 1. The van der Waals surface area contributed by atoms with Crippen LogP contribution in [0.2, 0.25) is 0 Å². The Morgan fingerprint density at radius 2 is 2.10 bits per heavy atom. The van der Waals surface area contributed by atoms with Gasteiger partial charge in [0.2, 0.25) is 15.9 Å². The van der Waals surface area contributed by atoms with Crippen LogP contribution in [0.3, 0.4) is 0 Å². The van der Waals surface area contributed by atoms with Gasteiger partial charge in [-0.1, -0.05) is 12.1 Å². The summed E-state index contributed by atoms with van der Waals surface area (Å²) in [5, 5.41) is 7.77. The average molecular weight is 305 g/mol. The van der Waals surface area contributed by atoms with Gasteiger partial charge in [-0.15, -0.1) is 0 Å². The zero-order valence-corrected chi connectivity index (χ0v) is 12.2. The summed E-state index contributed by atoms with van der Waals surface area (Å²) in [6.07, 6.45) is 3.39. The number of primary sulfonamides is 1. The van der Waals surface area contributed by atoms with Crippen molar-refractivity contribution < 1.29 is 13.2 Å². The third-order valence-corrected chi connectivity index (χ3v) is 3.81. The molecule has 2 aromatic rings. The SMILES string of the molecule is Cc1ccc(S(N)(=O)=O)cc1NC(=O)Cc1cccnc1. The van der Waals surface area contributed by atoms with Crippen LogP contribution in [0.15, 0.2) is 47.6 Å². The second-order valence-corrected chi connectivity index (χ2v) is 6.17. The summed E-state index contributed by atoms with van der Waals surface area (Å²) in [6, 6.07) is 7.89. The Kier molecular flexibility index (Phi) is 4.35. The van der Waals surface area contributed by atoms with E-state index in [1.54, 1.807) is 37.5 Å². The Balaban J connectivity index is 2.17. The van der Waals surface area contributed by atoms with Gasteiger partial charge >= 0.3 is 0 Å². The van der Waals surface area contributed by atoms with E-state index in [0.29, 0.717) is 5.69 Å². The molecule has 2 rings (SSSR count). The van der Waals surface area contributed by atoms with E-state index in [1.807, 2.05) is 0 Å². The second-order valence-electron chi connectivity index (χ2n) is 4.61. The molecule has 1 amide bonds. The number of rotatable bonds is 4. The number of hydrogen-bond acceptors (Lipinski definition) is 4. The van der Waals surface area contributed by atoms with Crippen LogP contribution in [0.1, 0.15) is 11.1 Å². The molecule has 1 aromatic carbocycles. The van der Waals surface area contributed by atoms with Gasteiger partial charge in [0.05, 0.1) is 11.3 Å². The van der Waals surface area contributed by atoms with Crippen LogP contribution in [0.5, 0.6) is 0 Å². The fraction of sp³-hybridized carbons (Fsp3) is 0.143. The molecule has 0 bridgehead atoms. The van der Waals surface area contributed by atoms with E-state index in [9.17, 15) is 13.2 Å². The molecule has 6 nitrogen and oxygen atoms in total.